The molecule has 1 aromatic rings. The molecule has 1 heterocycles. The Balaban J connectivity index is 1.56. The number of hydrogen-bond acceptors (Lipinski definition) is 5. The van der Waals surface area contributed by atoms with Gasteiger partial charge in [0.15, 0.2) is 0 Å². The third-order valence-electron chi connectivity index (χ3n) is 6.22. The van der Waals surface area contributed by atoms with Gasteiger partial charge in [-0.05, 0) is 30.9 Å². The van der Waals surface area contributed by atoms with Gasteiger partial charge in [0, 0.05) is 49.9 Å². The third-order valence-corrected chi connectivity index (χ3v) is 6.22. The Morgan fingerprint density at radius 1 is 1.03 bits per heavy atom. The lowest BCUT2D eigenvalue weighted by molar-refractivity contribution is -0.384. The lowest BCUT2D eigenvalue weighted by Crippen LogP contribution is -2.57. The summed E-state index contributed by atoms with van der Waals surface area (Å²) in [5.74, 6) is 0.0632. The molecule has 1 saturated heterocycles. The van der Waals surface area contributed by atoms with Crippen LogP contribution in [0.1, 0.15) is 46.0 Å². The molecule has 1 aromatic carbocycles. The number of nitro groups is 1. The summed E-state index contributed by atoms with van der Waals surface area (Å²) < 4.78 is 0. The Hall–Kier alpha value is -2.64. The normalized spacial score (nSPS) is 18.9. The Kier molecular flexibility index (Phi) is 7.29. The number of anilines is 1. The first kappa shape index (κ1) is 22.1. The van der Waals surface area contributed by atoms with Crippen molar-refractivity contribution in [2.45, 2.75) is 52.0 Å². The quantitative estimate of drug-likeness (QED) is 0.568. The largest absolute Gasteiger partial charge is 0.368 e. The maximum atomic E-state index is 13.1. The van der Waals surface area contributed by atoms with Gasteiger partial charge in [-0.1, -0.05) is 33.1 Å². The molecule has 0 spiro atoms. The van der Waals surface area contributed by atoms with E-state index in [1.54, 1.807) is 12.1 Å². The van der Waals surface area contributed by atoms with Crippen molar-refractivity contribution < 1.29 is 14.5 Å². The van der Waals surface area contributed by atoms with Gasteiger partial charge >= 0.3 is 0 Å². The maximum absolute atomic E-state index is 13.1. The first-order chi connectivity index (χ1) is 14.4. The van der Waals surface area contributed by atoms with Crippen molar-refractivity contribution >= 4 is 23.2 Å². The molecule has 0 radical (unpaired) electrons. The van der Waals surface area contributed by atoms with Crippen molar-refractivity contribution in [3.8, 4) is 0 Å². The summed E-state index contributed by atoms with van der Waals surface area (Å²) in [6.45, 7) is 6.39. The molecular formula is C22H32N4O4. The van der Waals surface area contributed by atoms with Crippen molar-refractivity contribution in [3.63, 3.8) is 0 Å². The second-order valence-corrected chi connectivity index (χ2v) is 8.65. The van der Waals surface area contributed by atoms with Crippen LogP contribution in [-0.2, 0) is 9.59 Å². The molecule has 1 atom stereocenters. The van der Waals surface area contributed by atoms with Gasteiger partial charge < -0.3 is 15.1 Å². The fourth-order valence-electron chi connectivity index (χ4n) is 4.32. The van der Waals surface area contributed by atoms with Crippen LogP contribution in [0.15, 0.2) is 24.3 Å². The highest BCUT2D eigenvalue weighted by Gasteiger charge is 2.32. The van der Waals surface area contributed by atoms with Crippen LogP contribution in [0, 0.1) is 22.0 Å². The number of amides is 2. The average Bonchev–Trinajstić information content (AvgIpc) is 2.77. The van der Waals surface area contributed by atoms with Crippen molar-refractivity contribution in [3.05, 3.63) is 34.4 Å². The summed E-state index contributed by atoms with van der Waals surface area (Å²) in [6.07, 6.45) is 5.19. The predicted molar refractivity (Wildman–Crippen MR) is 115 cm³/mol. The van der Waals surface area contributed by atoms with Crippen LogP contribution in [0.25, 0.3) is 0 Å². The molecule has 8 nitrogen and oxygen atoms in total. The minimum atomic E-state index is -0.495. The van der Waals surface area contributed by atoms with Gasteiger partial charge in [0.2, 0.25) is 11.8 Å². The molecule has 1 aliphatic carbocycles. The number of benzene rings is 1. The summed E-state index contributed by atoms with van der Waals surface area (Å²) in [4.78, 5) is 40.2. The Bertz CT molecular complexity index is 751. The standard InChI is InChI=1S/C22H32N4O4/c1-16(2)20(23-21(27)17-6-4-3-5-7-17)22(28)25-14-12-24(13-15-25)18-8-10-19(11-9-18)26(29)30/h8-11,16-17,20H,3-7,12-15H2,1-2H3,(H,23,27). The van der Waals surface area contributed by atoms with E-state index in [9.17, 15) is 19.7 Å². The Morgan fingerprint density at radius 3 is 2.17 bits per heavy atom. The summed E-state index contributed by atoms with van der Waals surface area (Å²) in [5.41, 5.74) is 0.986. The van der Waals surface area contributed by atoms with Crippen molar-refractivity contribution in [1.82, 2.24) is 10.2 Å². The molecule has 1 aliphatic heterocycles. The van der Waals surface area contributed by atoms with Crippen LogP contribution in [-0.4, -0.2) is 53.9 Å². The van der Waals surface area contributed by atoms with Gasteiger partial charge in [0.25, 0.3) is 5.69 Å². The molecule has 3 rings (SSSR count). The lowest BCUT2D eigenvalue weighted by Gasteiger charge is -2.38. The van der Waals surface area contributed by atoms with E-state index < -0.39 is 11.0 Å². The van der Waals surface area contributed by atoms with E-state index in [4.69, 9.17) is 0 Å². The average molecular weight is 417 g/mol. The molecule has 2 aliphatic rings. The Labute approximate surface area is 177 Å². The van der Waals surface area contributed by atoms with Crippen molar-refractivity contribution in [2.75, 3.05) is 31.1 Å². The van der Waals surface area contributed by atoms with E-state index in [0.29, 0.717) is 26.2 Å². The van der Waals surface area contributed by atoms with E-state index in [1.807, 2.05) is 18.7 Å². The Morgan fingerprint density at radius 2 is 1.63 bits per heavy atom. The highest BCUT2D eigenvalue weighted by Crippen LogP contribution is 2.25. The summed E-state index contributed by atoms with van der Waals surface area (Å²) in [5, 5.41) is 13.9. The minimum absolute atomic E-state index is 0.0162. The fourth-order valence-corrected chi connectivity index (χ4v) is 4.32. The first-order valence-corrected chi connectivity index (χ1v) is 11.0. The molecule has 1 saturated carbocycles. The van der Waals surface area contributed by atoms with Gasteiger partial charge in [0.05, 0.1) is 4.92 Å². The van der Waals surface area contributed by atoms with Gasteiger partial charge in [-0.15, -0.1) is 0 Å². The molecule has 0 aromatic heterocycles. The van der Waals surface area contributed by atoms with E-state index in [0.717, 1.165) is 31.4 Å². The van der Waals surface area contributed by atoms with Crippen LogP contribution >= 0.6 is 0 Å². The number of nitrogens with one attached hydrogen (secondary N) is 1. The van der Waals surface area contributed by atoms with Crippen LogP contribution in [0.4, 0.5) is 11.4 Å². The SMILES string of the molecule is CC(C)C(NC(=O)C1CCCCC1)C(=O)N1CCN(c2ccc([N+](=O)[O-])cc2)CC1. The monoisotopic (exact) mass is 416 g/mol. The maximum Gasteiger partial charge on any atom is 0.269 e. The second-order valence-electron chi connectivity index (χ2n) is 8.65. The zero-order valence-electron chi connectivity index (χ0n) is 17.9. The topological polar surface area (TPSA) is 95.8 Å². The van der Waals surface area contributed by atoms with Gasteiger partial charge in [0.1, 0.15) is 6.04 Å². The van der Waals surface area contributed by atoms with Crippen LogP contribution < -0.4 is 10.2 Å². The summed E-state index contributed by atoms with van der Waals surface area (Å²) in [7, 11) is 0. The lowest BCUT2D eigenvalue weighted by atomic mass is 9.88. The third kappa shape index (κ3) is 5.29. The smallest absolute Gasteiger partial charge is 0.269 e. The van der Waals surface area contributed by atoms with E-state index in [-0.39, 0.29) is 29.3 Å². The van der Waals surface area contributed by atoms with Gasteiger partial charge in [-0.2, -0.15) is 0 Å². The number of piperazine rings is 1. The molecular weight excluding hydrogens is 384 g/mol. The number of carbonyl (C=O) groups excluding carboxylic acids is 2. The number of carbonyl (C=O) groups is 2. The molecule has 0 bridgehead atoms. The van der Waals surface area contributed by atoms with E-state index in [1.165, 1.54) is 18.6 Å². The predicted octanol–water partition coefficient (Wildman–Crippen LogP) is 2.96. The van der Waals surface area contributed by atoms with Crippen LogP contribution in [0.5, 0.6) is 0 Å². The van der Waals surface area contributed by atoms with Gasteiger partial charge in [-0.3, -0.25) is 19.7 Å². The first-order valence-electron chi connectivity index (χ1n) is 11.0. The highest BCUT2D eigenvalue weighted by atomic mass is 16.6. The van der Waals surface area contributed by atoms with E-state index >= 15 is 0 Å². The zero-order valence-corrected chi connectivity index (χ0v) is 17.9. The summed E-state index contributed by atoms with van der Waals surface area (Å²) >= 11 is 0. The number of non-ortho nitro benzene ring substituents is 1. The number of hydrogen-bond donors (Lipinski definition) is 1. The van der Waals surface area contributed by atoms with Crippen LogP contribution in [0.2, 0.25) is 0 Å². The number of nitrogens with zero attached hydrogens (tertiary/aromatic N) is 3. The van der Waals surface area contributed by atoms with Gasteiger partial charge in [-0.25, -0.2) is 0 Å². The number of rotatable bonds is 6. The zero-order chi connectivity index (χ0) is 21.7. The molecule has 1 N–H and O–H groups in total. The highest BCUT2D eigenvalue weighted by molar-refractivity contribution is 5.89. The van der Waals surface area contributed by atoms with E-state index in [2.05, 4.69) is 10.2 Å². The van der Waals surface area contributed by atoms with Crippen molar-refractivity contribution in [1.29, 1.82) is 0 Å². The molecule has 30 heavy (non-hydrogen) atoms. The molecule has 1 unspecified atom stereocenters. The number of nitro benzene ring substituents is 1. The van der Waals surface area contributed by atoms with Crippen molar-refractivity contribution in [2.24, 2.45) is 11.8 Å². The second kappa shape index (κ2) is 9.91. The minimum Gasteiger partial charge on any atom is -0.368 e. The molecule has 2 fully saturated rings. The molecule has 8 heteroatoms. The van der Waals surface area contributed by atoms with Crippen LogP contribution in [0.3, 0.4) is 0 Å². The fraction of sp³-hybridized carbons (Fsp3) is 0.636. The molecule has 2 amide bonds. The molecule has 164 valence electrons. The summed E-state index contributed by atoms with van der Waals surface area (Å²) in [6, 6.07) is 6.00.